The molecule has 1 saturated heterocycles. The summed E-state index contributed by atoms with van der Waals surface area (Å²) in [7, 11) is 0. The van der Waals surface area contributed by atoms with Crippen molar-refractivity contribution in [2.75, 3.05) is 19.8 Å². The molecule has 0 aromatic rings. The van der Waals surface area contributed by atoms with E-state index >= 15 is 0 Å². The van der Waals surface area contributed by atoms with E-state index in [9.17, 15) is 9.59 Å². The maximum absolute atomic E-state index is 12.1. The average Bonchev–Trinajstić information content (AvgIpc) is 2.76. The van der Waals surface area contributed by atoms with Crippen LogP contribution in [0.1, 0.15) is 27.2 Å². The van der Waals surface area contributed by atoms with Gasteiger partial charge in [-0.25, -0.2) is 4.79 Å². The molecule has 110 valence electrons. The summed E-state index contributed by atoms with van der Waals surface area (Å²) in [5.74, 6) is -1.32. The molecular weight excluding hydrogens is 248 g/mol. The van der Waals surface area contributed by atoms with Crippen LogP contribution in [0.4, 0.5) is 0 Å². The van der Waals surface area contributed by atoms with E-state index in [2.05, 4.69) is 10.6 Å². The largest absolute Gasteiger partial charge is 0.480 e. The van der Waals surface area contributed by atoms with Crippen molar-refractivity contribution in [3.8, 4) is 0 Å². The summed E-state index contributed by atoms with van der Waals surface area (Å²) < 4.78 is 5.30. The Labute approximate surface area is 113 Å². The van der Waals surface area contributed by atoms with Gasteiger partial charge in [0, 0.05) is 6.04 Å². The molecule has 0 bridgehead atoms. The molecule has 0 spiro atoms. The van der Waals surface area contributed by atoms with Gasteiger partial charge in [-0.3, -0.25) is 4.79 Å². The number of carbonyl (C=O) groups is 2. The first-order chi connectivity index (χ1) is 8.95. The highest BCUT2D eigenvalue weighted by molar-refractivity contribution is 5.85. The lowest BCUT2D eigenvalue weighted by Gasteiger charge is -2.21. The number of carbonyl (C=O) groups excluding carboxylic acids is 1. The molecule has 1 amide bonds. The molecule has 1 rings (SSSR count). The van der Waals surface area contributed by atoms with Crippen molar-refractivity contribution in [2.24, 2.45) is 11.8 Å². The Hall–Kier alpha value is -1.14. The fourth-order valence-electron chi connectivity index (χ4n) is 2.25. The molecule has 0 aromatic heterocycles. The van der Waals surface area contributed by atoms with Crippen LogP contribution < -0.4 is 10.6 Å². The molecule has 0 radical (unpaired) electrons. The topological polar surface area (TPSA) is 87.7 Å². The van der Waals surface area contributed by atoms with E-state index in [4.69, 9.17) is 9.84 Å². The standard InChI is InChI=1S/C13H24N2O4/c1-4-14-11-7-19-6-9(11)12(16)15-10(13(17)18)5-8(2)3/h8-11,14H,4-7H2,1-3H3,(H,15,16)(H,17,18)/t9?,10-,11?/m1/s1. The lowest BCUT2D eigenvalue weighted by atomic mass is 10.00. The minimum atomic E-state index is -0.985. The zero-order chi connectivity index (χ0) is 14.4. The fraction of sp³-hybridized carbons (Fsp3) is 0.846. The molecule has 1 aliphatic heterocycles. The van der Waals surface area contributed by atoms with Gasteiger partial charge >= 0.3 is 5.97 Å². The Balaban J connectivity index is 2.58. The number of likely N-dealkylation sites (N-methyl/N-ethyl adjacent to an activating group) is 1. The van der Waals surface area contributed by atoms with Crippen LogP contribution >= 0.6 is 0 Å². The Kier molecular flexibility index (Phi) is 6.24. The van der Waals surface area contributed by atoms with Gasteiger partial charge in [0.2, 0.25) is 5.91 Å². The number of aliphatic carboxylic acids is 1. The van der Waals surface area contributed by atoms with Crippen molar-refractivity contribution in [1.82, 2.24) is 10.6 Å². The molecule has 0 aliphatic carbocycles. The summed E-state index contributed by atoms with van der Waals surface area (Å²) in [4.78, 5) is 23.3. The van der Waals surface area contributed by atoms with Crippen molar-refractivity contribution in [3.63, 3.8) is 0 Å². The van der Waals surface area contributed by atoms with Crippen molar-refractivity contribution in [2.45, 2.75) is 39.3 Å². The van der Waals surface area contributed by atoms with Gasteiger partial charge in [-0.1, -0.05) is 20.8 Å². The second-order valence-electron chi connectivity index (χ2n) is 5.34. The number of ether oxygens (including phenoxy) is 1. The lowest BCUT2D eigenvalue weighted by molar-refractivity contribution is -0.143. The second kappa shape index (κ2) is 7.45. The smallest absolute Gasteiger partial charge is 0.326 e. The van der Waals surface area contributed by atoms with E-state index in [1.165, 1.54) is 0 Å². The van der Waals surface area contributed by atoms with Crippen LogP contribution in [-0.4, -0.2) is 48.8 Å². The quantitative estimate of drug-likeness (QED) is 0.617. The first-order valence-electron chi connectivity index (χ1n) is 6.80. The molecule has 1 fully saturated rings. The van der Waals surface area contributed by atoms with E-state index in [-0.39, 0.29) is 23.8 Å². The predicted octanol–water partition coefficient (Wildman–Crippen LogP) is 0.226. The van der Waals surface area contributed by atoms with Crippen molar-refractivity contribution < 1.29 is 19.4 Å². The van der Waals surface area contributed by atoms with Crippen molar-refractivity contribution >= 4 is 11.9 Å². The minimum absolute atomic E-state index is 0.0292. The highest BCUT2D eigenvalue weighted by atomic mass is 16.5. The van der Waals surface area contributed by atoms with Gasteiger partial charge in [-0.05, 0) is 18.9 Å². The van der Waals surface area contributed by atoms with E-state index in [0.29, 0.717) is 19.6 Å². The molecule has 19 heavy (non-hydrogen) atoms. The van der Waals surface area contributed by atoms with Crippen LogP contribution in [0, 0.1) is 11.8 Å². The fourth-order valence-corrected chi connectivity index (χ4v) is 2.25. The van der Waals surface area contributed by atoms with Gasteiger partial charge < -0.3 is 20.5 Å². The van der Waals surface area contributed by atoms with Crippen LogP contribution in [0.5, 0.6) is 0 Å². The normalized spacial score (nSPS) is 24.4. The monoisotopic (exact) mass is 272 g/mol. The van der Waals surface area contributed by atoms with Gasteiger partial charge in [-0.2, -0.15) is 0 Å². The van der Waals surface area contributed by atoms with Crippen LogP contribution in [-0.2, 0) is 14.3 Å². The zero-order valence-corrected chi connectivity index (χ0v) is 11.8. The number of hydrogen-bond donors (Lipinski definition) is 3. The molecule has 3 N–H and O–H groups in total. The van der Waals surface area contributed by atoms with Gasteiger partial charge in [0.25, 0.3) is 0 Å². The first kappa shape index (κ1) is 15.9. The third-order valence-corrected chi connectivity index (χ3v) is 3.21. The minimum Gasteiger partial charge on any atom is -0.480 e. The number of carboxylic acid groups (broad SMARTS) is 1. The Bertz CT molecular complexity index is 320. The number of amides is 1. The zero-order valence-electron chi connectivity index (χ0n) is 11.8. The highest BCUT2D eigenvalue weighted by Crippen LogP contribution is 2.15. The summed E-state index contributed by atoms with van der Waals surface area (Å²) in [5, 5.41) is 14.9. The molecule has 6 nitrogen and oxygen atoms in total. The lowest BCUT2D eigenvalue weighted by Crippen LogP contribution is -2.49. The van der Waals surface area contributed by atoms with Crippen LogP contribution in [0.25, 0.3) is 0 Å². The van der Waals surface area contributed by atoms with Crippen LogP contribution in [0.2, 0.25) is 0 Å². The van der Waals surface area contributed by atoms with Crippen LogP contribution in [0.3, 0.4) is 0 Å². The summed E-state index contributed by atoms with van der Waals surface area (Å²) in [6.07, 6.45) is 0.431. The number of rotatable bonds is 7. The third kappa shape index (κ3) is 4.80. The molecule has 3 atom stereocenters. The molecule has 0 aromatic carbocycles. The maximum atomic E-state index is 12.1. The van der Waals surface area contributed by atoms with Crippen molar-refractivity contribution in [3.05, 3.63) is 0 Å². The van der Waals surface area contributed by atoms with Gasteiger partial charge in [-0.15, -0.1) is 0 Å². The Morgan fingerprint density at radius 2 is 2.05 bits per heavy atom. The molecule has 2 unspecified atom stereocenters. The summed E-state index contributed by atoms with van der Waals surface area (Å²) in [5.41, 5.74) is 0. The van der Waals surface area contributed by atoms with Gasteiger partial charge in [0.05, 0.1) is 19.1 Å². The summed E-state index contributed by atoms with van der Waals surface area (Å²) >= 11 is 0. The molecule has 1 heterocycles. The van der Waals surface area contributed by atoms with E-state index in [1.807, 2.05) is 20.8 Å². The highest BCUT2D eigenvalue weighted by Gasteiger charge is 2.35. The third-order valence-electron chi connectivity index (χ3n) is 3.21. The molecular formula is C13H24N2O4. The summed E-state index contributed by atoms with van der Waals surface area (Å²) in [6.45, 7) is 7.42. The average molecular weight is 272 g/mol. The number of hydrogen-bond acceptors (Lipinski definition) is 4. The molecule has 1 aliphatic rings. The molecule has 6 heteroatoms. The predicted molar refractivity (Wildman–Crippen MR) is 70.8 cm³/mol. The first-order valence-corrected chi connectivity index (χ1v) is 6.80. The second-order valence-corrected chi connectivity index (χ2v) is 5.34. The Morgan fingerprint density at radius 3 is 2.58 bits per heavy atom. The van der Waals surface area contributed by atoms with Crippen molar-refractivity contribution in [1.29, 1.82) is 0 Å². The molecule has 0 saturated carbocycles. The van der Waals surface area contributed by atoms with Crippen LogP contribution in [0.15, 0.2) is 0 Å². The maximum Gasteiger partial charge on any atom is 0.326 e. The Morgan fingerprint density at radius 1 is 1.37 bits per heavy atom. The van der Waals surface area contributed by atoms with E-state index in [1.54, 1.807) is 0 Å². The van der Waals surface area contributed by atoms with Gasteiger partial charge in [0.1, 0.15) is 6.04 Å². The van der Waals surface area contributed by atoms with Gasteiger partial charge in [0.15, 0.2) is 0 Å². The summed E-state index contributed by atoms with van der Waals surface area (Å²) in [6, 6.07) is -0.853. The number of carboxylic acids is 1. The SMILES string of the molecule is CCNC1COCC1C(=O)N[C@H](CC(C)C)C(=O)O. The van der Waals surface area contributed by atoms with E-state index in [0.717, 1.165) is 6.54 Å². The number of nitrogens with one attached hydrogen (secondary N) is 2. The van der Waals surface area contributed by atoms with E-state index < -0.39 is 12.0 Å².